The number of ketones is 1. The monoisotopic (exact) mass is 322 g/mol. The van der Waals surface area contributed by atoms with Crippen molar-refractivity contribution < 1.29 is 23.7 Å². The van der Waals surface area contributed by atoms with E-state index in [-0.39, 0.29) is 30.2 Å². The van der Waals surface area contributed by atoms with Crippen LogP contribution in [0.25, 0.3) is 0 Å². The average Bonchev–Trinajstić information content (AvgIpc) is 2.55. The Hall–Kier alpha value is -1.27. The molecule has 1 fully saturated rings. The van der Waals surface area contributed by atoms with Gasteiger partial charge in [0.1, 0.15) is 11.9 Å². The van der Waals surface area contributed by atoms with E-state index >= 15 is 0 Å². The summed E-state index contributed by atoms with van der Waals surface area (Å²) in [5, 5.41) is 0. The van der Waals surface area contributed by atoms with Crippen LogP contribution in [0.5, 0.6) is 0 Å². The van der Waals surface area contributed by atoms with Gasteiger partial charge < -0.3 is 18.9 Å². The molecule has 1 aliphatic heterocycles. The third kappa shape index (κ3) is 5.39. The molecule has 1 heterocycles. The number of hydrogen-bond acceptors (Lipinski definition) is 5. The lowest BCUT2D eigenvalue weighted by molar-refractivity contribution is -0.205. The number of carbonyl (C=O) groups excluding carboxylic acids is 1. The molecule has 0 N–H and O–H groups in total. The third-order valence-electron chi connectivity index (χ3n) is 4.07. The molecule has 1 aromatic rings. The van der Waals surface area contributed by atoms with Crippen LogP contribution in [0.2, 0.25) is 0 Å². The fourth-order valence-electron chi connectivity index (χ4n) is 2.91. The van der Waals surface area contributed by atoms with E-state index in [2.05, 4.69) is 0 Å². The minimum Gasteiger partial charge on any atom is -0.382 e. The molecule has 0 aliphatic carbocycles. The van der Waals surface area contributed by atoms with Gasteiger partial charge in [-0.25, -0.2) is 0 Å². The van der Waals surface area contributed by atoms with Crippen molar-refractivity contribution >= 4 is 5.78 Å². The first-order valence-corrected chi connectivity index (χ1v) is 7.96. The van der Waals surface area contributed by atoms with Crippen LogP contribution in [0.4, 0.5) is 0 Å². The molecular formula is C18H26O5. The molecule has 5 nitrogen and oxygen atoms in total. The van der Waals surface area contributed by atoms with E-state index in [0.717, 1.165) is 5.56 Å². The molecule has 1 saturated heterocycles. The van der Waals surface area contributed by atoms with Crippen molar-refractivity contribution in [1.29, 1.82) is 0 Å². The van der Waals surface area contributed by atoms with Crippen molar-refractivity contribution in [3.8, 4) is 0 Å². The Bertz CT molecular complexity index is 476. The Kier molecular flexibility index (Phi) is 7.17. The molecule has 0 saturated carbocycles. The Morgan fingerprint density at radius 3 is 2.52 bits per heavy atom. The second-order valence-electron chi connectivity index (χ2n) is 5.92. The van der Waals surface area contributed by atoms with Crippen LogP contribution in [0.3, 0.4) is 0 Å². The summed E-state index contributed by atoms with van der Waals surface area (Å²) in [5.41, 5.74) is 1.10. The van der Waals surface area contributed by atoms with Gasteiger partial charge in [0.05, 0.1) is 31.5 Å². The molecule has 128 valence electrons. The van der Waals surface area contributed by atoms with Gasteiger partial charge in [-0.1, -0.05) is 30.3 Å². The fraction of sp³-hybridized carbons (Fsp3) is 0.611. The number of methoxy groups -OCH3 is 2. The number of carbonyl (C=O) groups is 1. The van der Waals surface area contributed by atoms with Gasteiger partial charge in [-0.2, -0.15) is 0 Å². The zero-order valence-corrected chi connectivity index (χ0v) is 14.1. The molecule has 0 aromatic heterocycles. The minimum absolute atomic E-state index is 0.0929. The van der Waals surface area contributed by atoms with Gasteiger partial charge in [-0.3, -0.25) is 4.79 Å². The molecule has 4 atom stereocenters. The molecule has 1 aromatic carbocycles. The second kappa shape index (κ2) is 9.13. The Morgan fingerprint density at radius 2 is 1.91 bits per heavy atom. The van der Waals surface area contributed by atoms with Crippen LogP contribution in [-0.2, 0) is 30.3 Å². The van der Waals surface area contributed by atoms with Gasteiger partial charge in [0.2, 0.25) is 0 Å². The zero-order valence-electron chi connectivity index (χ0n) is 14.1. The number of Topliss-reactive ketones (excluding diaryl/α,β-unsaturated/α-hetero) is 1. The largest absolute Gasteiger partial charge is 0.382 e. The SMILES string of the molecule is COC[C@H]1O[C@@H](CC(C)=O)[C@H](OCc2ccccc2)C[C@@H]1OC. The Balaban J connectivity index is 2.02. The fourth-order valence-corrected chi connectivity index (χ4v) is 2.91. The maximum atomic E-state index is 11.5. The van der Waals surface area contributed by atoms with Gasteiger partial charge in [0.25, 0.3) is 0 Å². The molecule has 0 radical (unpaired) electrons. The number of rotatable bonds is 8. The van der Waals surface area contributed by atoms with Gasteiger partial charge >= 0.3 is 0 Å². The minimum atomic E-state index is -0.261. The van der Waals surface area contributed by atoms with Gasteiger partial charge in [-0.15, -0.1) is 0 Å². The van der Waals surface area contributed by atoms with Crippen LogP contribution >= 0.6 is 0 Å². The van der Waals surface area contributed by atoms with Crippen LogP contribution in [-0.4, -0.2) is 51.0 Å². The molecule has 0 unspecified atom stereocenters. The van der Waals surface area contributed by atoms with Crippen molar-refractivity contribution in [1.82, 2.24) is 0 Å². The van der Waals surface area contributed by atoms with E-state index in [1.807, 2.05) is 30.3 Å². The topological polar surface area (TPSA) is 54.0 Å². The highest BCUT2D eigenvalue weighted by molar-refractivity contribution is 5.76. The normalized spacial score (nSPS) is 27.8. The predicted molar refractivity (Wildman–Crippen MR) is 86.3 cm³/mol. The van der Waals surface area contributed by atoms with E-state index in [1.54, 1.807) is 21.1 Å². The molecule has 0 amide bonds. The lowest BCUT2D eigenvalue weighted by atomic mass is 9.95. The highest BCUT2D eigenvalue weighted by Gasteiger charge is 2.39. The summed E-state index contributed by atoms with van der Waals surface area (Å²) >= 11 is 0. The first kappa shape index (κ1) is 18.1. The quantitative estimate of drug-likeness (QED) is 0.735. The van der Waals surface area contributed by atoms with E-state index in [4.69, 9.17) is 18.9 Å². The lowest BCUT2D eigenvalue weighted by Gasteiger charge is -2.40. The van der Waals surface area contributed by atoms with Crippen molar-refractivity contribution in [2.45, 2.75) is 50.8 Å². The highest BCUT2D eigenvalue weighted by Crippen LogP contribution is 2.27. The Morgan fingerprint density at radius 1 is 1.17 bits per heavy atom. The highest BCUT2D eigenvalue weighted by atomic mass is 16.6. The molecular weight excluding hydrogens is 296 g/mol. The van der Waals surface area contributed by atoms with Crippen LogP contribution in [0.1, 0.15) is 25.3 Å². The van der Waals surface area contributed by atoms with Gasteiger partial charge in [-0.05, 0) is 12.5 Å². The maximum Gasteiger partial charge on any atom is 0.132 e. The first-order chi connectivity index (χ1) is 11.1. The number of hydrogen-bond donors (Lipinski definition) is 0. The lowest BCUT2D eigenvalue weighted by Crippen LogP contribution is -2.51. The second-order valence-corrected chi connectivity index (χ2v) is 5.92. The molecule has 23 heavy (non-hydrogen) atoms. The summed E-state index contributed by atoms with van der Waals surface area (Å²) in [6.07, 6.45) is 0.329. The van der Waals surface area contributed by atoms with Gasteiger partial charge in [0.15, 0.2) is 0 Å². The number of ether oxygens (including phenoxy) is 4. The van der Waals surface area contributed by atoms with Crippen molar-refractivity contribution in [3.05, 3.63) is 35.9 Å². The van der Waals surface area contributed by atoms with E-state index in [9.17, 15) is 4.79 Å². The Labute approximate surface area is 137 Å². The molecule has 2 rings (SSSR count). The van der Waals surface area contributed by atoms with Crippen molar-refractivity contribution in [3.63, 3.8) is 0 Å². The summed E-state index contributed by atoms with van der Waals surface area (Å²) in [6.45, 7) is 2.51. The first-order valence-electron chi connectivity index (χ1n) is 7.96. The van der Waals surface area contributed by atoms with Crippen molar-refractivity contribution in [2.24, 2.45) is 0 Å². The van der Waals surface area contributed by atoms with E-state index < -0.39 is 0 Å². The summed E-state index contributed by atoms with van der Waals surface area (Å²) in [4.78, 5) is 11.5. The maximum absolute atomic E-state index is 11.5. The van der Waals surface area contributed by atoms with Gasteiger partial charge in [0, 0.05) is 27.1 Å². The average molecular weight is 322 g/mol. The van der Waals surface area contributed by atoms with E-state index in [0.29, 0.717) is 26.1 Å². The van der Waals surface area contributed by atoms with Crippen LogP contribution < -0.4 is 0 Å². The summed E-state index contributed by atoms with van der Waals surface area (Å²) < 4.78 is 22.8. The van der Waals surface area contributed by atoms with Crippen LogP contribution in [0, 0.1) is 0 Å². The molecule has 5 heteroatoms. The molecule has 0 bridgehead atoms. The molecule has 1 aliphatic rings. The molecule has 0 spiro atoms. The standard InChI is InChI=1S/C18H26O5/c1-13(19)9-17-16(22-11-14-7-5-4-6-8-14)10-15(21-3)18(23-17)12-20-2/h4-8,15-18H,9-12H2,1-3H3/t15-,16+,17-,18+/m0/s1. The zero-order chi connectivity index (χ0) is 16.7. The third-order valence-corrected chi connectivity index (χ3v) is 4.07. The van der Waals surface area contributed by atoms with Crippen LogP contribution in [0.15, 0.2) is 30.3 Å². The summed E-state index contributed by atoms with van der Waals surface area (Å²) in [6, 6.07) is 9.98. The van der Waals surface area contributed by atoms with E-state index in [1.165, 1.54) is 0 Å². The van der Waals surface area contributed by atoms with Crippen molar-refractivity contribution in [2.75, 3.05) is 20.8 Å². The summed E-state index contributed by atoms with van der Waals surface area (Å²) in [5.74, 6) is 0.0929. The summed E-state index contributed by atoms with van der Waals surface area (Å²) in [7, 11) is 3.30. The predicted octanol–water partition coefficient (Wildman–Crippen LogP) is 2.37. The smallest absolute Gasteiger partial charge is 0.132 e. The number of benzene rings is 1.